The first-order valence-electron chi connectivity index (χ1n) is 14.4. The van der Waals surface area contributed by atoms with E-state index in [2.05, 4.69) is 39.8 Å². The van der Waals surface area contributed by atoms with Gasteiger partial charge in [0.25, 0.3) is 11.8 Å². The summed E-state index contributed by atoms with van der Waals surface area (Å²) in [5, 5.41) is 26.0. The largest absolute Gasteiger partial charge is 0.481 e. The Bertz CT molecular complexity index is 1800. The van der Waals surface area contributed by atoms with Gasteiger partial charge in [-0.05, 0) is 99.1 Å². The Balaban J connectivity index is 1.90. The number of thiol groups is 1. The fraction of sp³-hybridized carbons (Fsp3) is 0.333. The zero-order valence-electron chi connectivity index (χ0n) is 25.5. The van der Waals surface area contributed by atoms with E-state index in [4.69, 9.17) is 0 Å². The lowest BCUT2D eigenvalue weighted by Crippen LogP contribution is -2.29. The zero-order valence-corrected chi connectivity index (χ0v) is 26.4. The number of carboxylic acids is 2. The Hall–Kier alpha value is -4.51. The van der Waals surface area contributed by atoms with Crippen molar-refractivity contribution in [2.24, 2.45) is 0 Å². The number of hydrogen-bond acceptors (Lipinski definition) is 5. The standard InChI is InChI=1S/C33H38N4O6S/c1-7-20-15(2)25(36-33(20)43)12-23-16(3)21(8-10-29(38)39)26(34-23)14-27-22(9-11-30(40)41)17(4)24(35-27)13-28-31(19(6)44)18(5)32(42)37-28/h7,12-14,19,25,34-35,44H,1,8-11H2,2-6H3,(H,36,43)(H,37,42)(H,38,39)(H,40,41)/b23-12+,26-14-,28-13-/t19-,25+/m1/s1. The van der Waals surface area contributed by atoms with Crippen molar-refractivity contribution >= 4 is 54.6 Å². The molecule has 0 radical (unpaired) electrons. The van der Waals surface area contributed by atoms with E-state index in [1.54, 1.807) is 6.92 Å². The highest BCUT2D eigenvalue weighted by atomic mass is 32.1. The maximum Gasteiger partial charge on any atom is 0.303 e. The van der Waals surface area contributed by atoms with Gasteiger partial charge in [0.2, 0.25) is 0 Å². The van der Waals surface area contributed by atoms with Crippen LogP contribution in [-0.4, -0.2) is 55.2 Å². The molecule has 0 bridgehead atoms. The number of nitrogens with one attached hydrogen (secondary N) is 4. The SMILES string of the molecule is C=CC1=C(C)[C@H](/C=c2/[nH]/c(=C\c3[nH]c(/C=C4\NC(=O)C(C)=C4[C@@H](C)S)c(C)c3CCC(=O)O)c(CCC(=O)O)c2C)NC1=O. The predicted molar refractivity (Wildman–Crippen MR) is 172 cm³/mol. The van der Waals surface area contributed by atoms with Crippen LogP contribution in [0.25, 0.3) is 18.2 Å². The van der Waals surface area contributed by atoms with Crippen LogP contribution in [0.2, 0.25) is 0 Å². The van der Waals surface area contributed by atoms with Gasteiger partial charge < -0.3 is 30.8 Å². The minimum absolute atomic E-state index is 0.0816. The van der Waals surface area contributed by atoms with E-state index >= 15 is 0 Å². The van der Waals surface area contributed by atoms with Crippen LogP contribution in [0, 0.1) is 13.8 Å². The topological polar surface area (TPSA) is 164 Å². The minimum atomic E-state index is -0.931. The highest BCUT2D eigenvalue weighted by Gasteiger charge is 2.27. The van der Waals surface area contributed by atoms with E-state index in [9.17, 15) is 29.4 Å². The minimum Gasteiger partial charge on any atom is -0.481 e. The van der Waals surface area contributed by atoms with Crippen LogP contribution in [0.4, 0.5) is 0 Å². The molecule has 0 saturated carbocycles. The molecule has 6 N–H and O–H groups in total. The van der Waals surface area contributed by atoms with Crippen molar-refractivity contribution in [3.8, 4) is 0 Å². The van der Waals surface area contributed by atoms with Crippen molar-refractivity contribution in [3.05, 3.63) is 85.0 Å². The summed E-state index contributed by atoms with van der Waals surface area (Å²) in [6.45, 7) is 13.0. The summed E-state index contributed by atoms with van der Waals surface area (Å²) in [6.07, 6.45) is 7.50. The molecule has 2 aromatic rings. The summed E-state index contributed by atoms with van der Waals surface area (Å²) in [5.74, 6) is -2.25. The molecule has 2 aliphatic heterocycles. The molecule has 0 saturated heterocycles. The summed E-state index contributed by atoms with van der Waals surface area (Å²) in [4.78, 5) is 54.7. The van der Waals surface area contributed by atoms with Crippen LogP contribution in [0.3, 0.4) is 0 Å². The Morgan fingerprint density at radius 1 is 0.909 bits per heavy atom. The Labute approximate surface area is 260 Å². The van der Waals surface area contributed by atoms with E-state index < -0.39 is 11.9 Å². The van der Waals surface area contributed by atoms with Crippen LogP contribution in [-0.2, 0) is 32.0 Å². The van der Waals surface area contributed by atoms with Crippen molar-refractivity contribution < 1.29 is 29.4 Å². The van der Waals surface area contributed by atoms with Crippen molar-refractivity contribution in [2.75, 3.05) is 0 Å². The number of hydrogen-bond donors (Lipinski definition) is 7. The van der Waals surface area contributed by atoms with Gasteiger partial charge >= 0.3 is 11.9 Å². The molecule has 232 valence electrons. The molecule has 2 amide bonds. The highest BCUT2D eigenvalue weighted by Crippen LogP contribution is 2.30. The molecule has 0 fully saturated rings. The second-order valence-corrected chi connectivity index (χ2v) is 12.0. The predicted octanol–water partition coefficient (Wildman–Crippen LogP) is 2.71. The Morgan fingerprint density at radius 2 is 1.55 bits per heavy atom. The van der Waals surface area contributed by atoms with Crippen molar-refractivity contribution in [1.82, 2.24) is 20.6 Å². The molecule has 0 spiro atoms. The maximum absolute atomic E-state index is 12.4. The number of carbonyl (C=O) groups excluding carboxylic acids is 2. The average molecular weight is 619 g/mol. The van der Waals surface area contributed by atoms with Gasteiger partial charge in [-0.15, -0.1) is 0 Å². The van der Waals surface area contributed by atoms with Gasteiger partial charge in [-0.2, -0.15) is 12.6 Å². The van der Waals surface area contributed by atoms with E-state index in [0.29, 0.717) is 33.6 Å². The molecule has 10 nitrogen and oxygen atoms in total. The molecular formula is C33H38N4O6S. The van der Waals surface area contributed by atoms with Crippen LogP contribution in [0.5, 0.6) is 0 Å². The molecule has 0 aliphatic carbocycles. The molecule has 4 heterocycles. The third-order valence-electron chi connectivity index (χ3n) is 8.32. The lowest BCUT2D eigenvalue weighted by Gasteiger charge is -2.09. The number of aromatic amines is 2. The molecule has 4 rings (SSSR count). The summed E-state index contributed by atoms with van der Waals surface area (Å²) in [7, 11) is 0. The van der Waals surface area contributed by atoms with E-state index in [0.717, 1.165) is 38.7 Å². The normalized spacial score (nSPS) is 19.3. The van der Waals surface area contributed by atoms with Gasteiger partial charge in [0.1, 0.15) is 0 Å². The summed E-state index contributed by atoms with van der Waals surface area (Å²) >= 11 is 4.56. The second-order valence-electron chi connectivity index (χ2n) is 11.2. The van der Waals surface area contributed by atoms with Gasteiger partial charge in [0.15, 0.2) is 0 Å². The summed E-state index contributed by atoms with van der Waals surface area (Å²) < 4.78 is 0. The van der Waals surface area contributed by atoms with Gasteiger partial charge in [0, 0.05) is 57.0 Å². The molecule has 0 unspecified atom stereocenters. The molecule has 2 atom stereocenters. The third kappa shape index (κ3) is 6.52. The first kappa shape index (κ1) is 32.4. The zero-order chi connectivity index (χ0) is 32.5. The van der Waals surface area contributed by atoms with Gasteiger partial charge in [0.05, 0.1) is 6.04 Å². The molecule has 2 aliphatic rings. The number of carboxylic acid groups (broad SMARTS) is 2. The van der Waals surface area contributed by atoms with E-state index in [-0.39, 0.29) is 48.8 Å². The maximum atomic E-state index is 12.4. The fourth-order valence-corrected chi connectivity index (χ4v) is 6.17. The first-order valence-corrected chi connectivity index (χ1v) is 14.9. The van der Waals surface area contributed by atoms with Crippen LogP contribution >= 0.6 is 12.6 Å². The lowest BCUT2D eigenvalue weighted by molar-refractivity contribution is -0.138. The molecule has 2 aromatic heterocycles. The van der Waals surface area contributed by atoms with Crippen molar-refractivity contribution in [1.29, 1.82) is 0 Å². The lowest BCUT2D eigenvalue weighted by atomic mass is 10.0. The number of aromatic nitrogens is 2. The molecular weight excluding hydrogens is 580 g/mol. The number of amides is 2. The van der Waals surface area contributed by atoms with Gasteiger partial charge in [-0.3, -0.25) is 19.2 Å². The molecule has 44 heavy (non-hydrogen) atoms. The number of carbonyl (C=O) groups is 4. The number of allylic oxidation sites excluding steroid dienone is 1. The molecule has 0 aromatic carbocycles. The number of H-pyrrole nitrogens is 2. The highest BCUT2D eigenvalue weighted by molar-refractivity contribution is 7.81. The third-order valence-corrected chi connectivity index (χ3v) is 8.58. The van der Waals surface area contributed by atoms with Crippen LogP contribution in [0.1, 0.15) is 67.3 Å². The summed E-state index contributed by atoms with van der Waals surface area (Å²) in [5.41, 5.74) is 8.05. The summed E-state index contributed by atoms with van der Waals surface area (Å²) in [6, 6.07) is -0.355. The Kier molecular flexibility index (Phi) is 9.58. The monoisotopic (exact) mass is 618 g/mol. The Morgan fingerprint density at radius 3 is 2.11 bits per heavy atom. The van der Waals surface area contributed by atoms with Crippen LogP contribution in [0.15, 0.2) is 40.6 Å². The van der Waals surface area contributed by atoms with Gasteiger partial charge in [-0.25, -0.2) is 0 Å². The number of rotatable bonds is 11. The number of aliphatic carboxylic acids is 2. The average Bonchev–Trinajstić information content (AvgIpc) is 3.59. The quantitative estimate of drug-likeness (QED) is 0.192. The van der Waals surface area contributed by atoms with Crippen LogP contribution < -0.4 is 21.3 Å². The smallest absolute Gasteiger partial charge is 0.303 e. The van der Waals surface area contributed by atoms with Gasteiger partial charge in [-0.1, -0.05) is 12.7 Å². The van der Waals surface area contributed by atoms with E-state index in [1.165, 1.54) is 6.08 Å². The first-order chi connectivity index (χ1) is 20.7. The second kappa shape index (κ2) is 13.0. The van der Waals surface area contributed by atoms with Crippen molar-refractivity contribution in [3.63, 3.8) is 0 Å². The fourth-order valence-electron chi connectivity index (χ4n) is 5.83. The molecule has 11 heteroatoms. The van der Waals surface area contributed by atoms with E-state index in [1.807, 2.05) is 45.9 Å². The van der Waals surface area contributed by atoms with Crippen molar-refractivity contribution in [2.45, 2.75) is 71.6 Å².